The van der Waals surface area contributed by atoms with Gasteiger partial charge in [0.15, 0.2) is 0 Å². The van der Waals surface area contributed by atoms with Crippen LogP contribution in [0.3, 0.4) is 0 Å². The van der Waals surface area contributed by atoms with Crippen molar-refractivity contribution in [3.05, 3.63) is 30.1 Å². The fraction of sp³-hybridized carbons (Fsp3) is 0.357. The van der Waals surface area contributed by atoms with Gasteiger partial charge in [0.2, 0.25) is 0 Å². The van der Waals surface area contributed by atoms with Gasteiger partial charge in [0, 0.05) is 18.7 Å². The van der Waals surface area contributed by atoms with Crippen molar-refractivity contribution in [2.45, 2.75) is 13.3 Å². The topological polar surface area (TPSA) is 110 Å². The van der Waals surface area contributed by atoms with E-state index in [1.165, 1.54) is 23.0 Å². The number of hydrogen-bond donors (Lipinski definition) is 1. The van der Waals surface area contributed by atoms with E-state index in [4.69, 9.17) is 9.84 Å². The van der Waals surface area contributed by atoms with E-state index >= 15 is 0 Å². The van der Waals surface area contributed by atoms with Crippen LogP contribution in [0.15, 0.2) is 24.5 Å². The van der Waals surface area contributed by atoms with E-state index in [0.717, 1.165) is 0 Å². The number of carboxylic acid groups (broad SMARTS) is 1. The third kappa shape index (κ3) is 3.82. The summed E-state index contributed by atoms with van der Waals surface area (Å²) in [6.07, 6.45) is 1.30. The first-order valence-corrected chi connectivity index (χ1v) is 6.99. The molecule has 2 aromatic rings. The molecule has 1 heterocycles. The number of aromatic nitrogens is 4. The van der Waals surface area contributed by atoms with Crippen LogP contribution in [-0.4, -0.2) is 62.3 Å². The molecule has 0 saturated heterocycles. The maximum absolute atomic E-state index is 12.5. The number of hydrogen-bond acceptors (Lipinski definition) is 6. The molecule has 23 heavy (non-hydrogen) atoms. The Morgan fingerprint density at radius 1 is 1.39 bits per heavy atom. The first kappa shape index (κ1) is 16.4. The molecule has 9 nitrogen and oxygen atoms in total. The number of amides is 1. The Morgan fingerprint density at radius 2 is 2.17 bits per heavy atom. The second-order valence-electron chi connectivity index (χ2n) is 4.67. The van der Waals surface area contributed by atoms with Crippen molar-refractivity contribution >= 4 is 11.9 Å². The van der Waals surface area contributed by atoms with Crippen LogP contribution in [-0.2, 0) is 4.79 Å². The molecule has 0 atom stereocenters. The molecule has 1 amide bonds. The third-order valence-corrected chi connectivity index (χ3v) is 3.29. The van der Waals surface area contributed by atoms with E-state index in [1.807, 2.05) is 0 Å². The molecule has 0 aliphatic rings. The summed E-state index contributed by atoms with van der Waals surface area (Å²) in [5.41, 5.74) is 0.932. The number of nitrogens with zero attached hydrogens (tertiary/aromatic N) is 5. The average Bonchev–Trinajstić information content (AvgIpc) is 3.08. The van der Waals surface area contributed by atoms with Crippen molar-refractivity contribution < 1.29 is 19.4 Å². The van der Waals surface area contributed by atoms with Gasteiger partial charge in [-0.3, -0.25) is 9.59 Å². The van der Waals surface area contributed by atoms with Crippen LogP contribution >= 0.6 is 0 Å². The molecule has 0 fully saturated rings. The monoisotopic (exact) mass is 319 g/mol. The third-order valence-electron chi connectivity index (χ3n) is 3.29. The standard InChI is InChI=1S/C14H17N5O4/c1-3-18(7-6-13(20)21)14(22)10-4-5-12(23-2)11(8-10)19-9-15-16-17-19/h4-5,8-9H,3,6-7H2,1-2H3,(H,20,21). The molecule has 0 unspecified atom stereocenters. The molecule has 122 valence electrons. The van der Waals surface area contributed by atoms with Gasteiger partial charge >= 0.3 is 5.97 Å². The Balaban J connectivity index is 2.30. The number of rotatable bonds is 7. The van der Waals surface area contributed by atoms with E-state index < -0.39 is 5.97 Å². The van der Waals surface area contributed by atoms with E-state index in [1.54, 1.807) is 25.1 Å². The van der Waals surface area contributed by atoms with Gasteiger partial charge in [-0.05, 0) is 35.5 Å². The summed E-state index contributed by atoms with van der Waals surface area (Å²) in [5.74, 6) is -0.687. The molecule has 2 rings (SSSR count). The zero-order valence-electron chi connectivity index (χ0n) is 12.8. The van der Waals surface area contributed by atoms with Crippen LogP contribution < -0.4 is 4.74 Å². The van der Waals surface area contributed by atoms with Crippen molar-refractivity contribution in [2.75, 3.05) is 20.2 Å². The number of aliphatic carboxylic acids is 1. The second-order valence-corrected chi connectivity index (χ2v) is 4.67. The van der Waals surface area contributed by atoms with Crippen molar-refractivity contribution in [2.24, 2.45) is 0 Å². The van der Waals surface area contributed by atoms with E-state index in [9.17, 15) is 9.59 Å². The van der Waals surface area contributed by atoms with Crippen LogP contribution in [0, 0.1) is 0 Å². The minimum atomic E-state index is -0.944. The predicted octanol–water partition coefficient (Wildman–Crippen LogP) is 0.608. The van der Waals surface area contributed by atoms with E-state index in [0.29, 0.717) is 23.5 Å². The van der Waals surface area contributed by atoms with E-state index in [2.05, 4.69) is 15.5 Å². The van der Waals surface area contributed by atoms with Crippen LogP contribution in [0.4, 0.5) is 0 Å². The Kier molecular flexibility index (Phi) is 5.23. The molecular formula is C14H17N5O4. The molecule has 0 aliphatic heterocycles. The molecular weight excluding hydrogens is 302 g/mol. The summed E-state index contributed by atoms with van der Waals surface area (Å²) in [6, 6.07) is 4.88. The number of benzene rings is 1. The number of tetrazole rings is 1. The Bertz CT molecular complexity index is 686. The number of carbonyl (C=O) groups excluding carboxylic acids is 1. The first-order valence-electron chi connectivity index (χ1n) is 6.99. The van der Waals surface area contributed by atoms with Crippen molar-refractivity contribution in [1.82, 2.24) is 25.1 Å². The summed E-state index contributed by atoms with van der Waals surface area (Å²) in [4.78, 5) is 24.7. The maximum Gasteiger partial charge on any atom is 0.305 e. The zero-order chi connectivity index (χ0) is 16.8. The Morgan fingerprint density at radius 3 is 2.74 bits per heavy atom. The number of carbonyl (C=O) groups is 2. The number of ether oxygens (including phenoxy) is 1. The molecule has 1 N–H and O–H groups in total. The minimum Gasteiger partial charge on any atom is -0.494 e. The highest BCUT2D eigenvalue weighted by Crippen LogP contribution is 2.23. The number of carboxylic acids is 1. The highest BCUT2D eigenvalue weighted by molar-refractivity contribution is 5.95. The summed E-state index contributed by atoms with van der Waals surface area (Å²) < 4.78 is 6.64. The minimum absolute atomic E-state index is 0.102. The summed E-state index contributed by atoms with van der Waals surface area (Å²) in [5, 5.41) is 19.7. The van der Waals surface area contributed by atoms with Crippen LogP contribution in [0.2, 0.25) is 0 Å². The molecule has 0 bridgehead atoms. The Hall–Kier alpha value is -2.97. The van der Waals surface area contributed by atoms with Gasteiger partial charge in [-0.2, -0.15) is 4.68 Å². The summed E-state index contributed by atoms with van der Waals surface area (Å²) in [7, 11) is 1.51. The largest absolute Gasteiger partial charge is 0.494 e. The van der Waals surface area contributed by atoms with Gasteiger partial charge in [0.1, 0.15) is 17.8 Å². The lowest BCUT2D eigenvalue weighted by molar-refractivity contribution is -0.137. The molecule has 0 spiro atoms. The van der Waals surface area contributed by atoms with Gasteiger partial charge in [0.25, 0.3) is 5.91 Å². The molecule has 0 aliphatic carbocycles. The van der Waals surface area contributed by atoms with Gasteiger partial charge in [-0.1, -0.05) is 0 Å². The smallest absolute Gasteiger partial charge is 0.305 e. The lowest BCUT2D eigenvalue weighted by atomic mass is 10.1. The highest BCUT2D eigenvalue weighted by atomic mass is 16.5. The number of methoxy groups -OCH3 is 1. The molecule has 0 radical (unpaired) electrons. The van der Waals surface area contributed by atoms with Crippen molar-refractivity contribution in [3.63, 3.8) is 0 Å². The Labute approximate surface area is 132 Å². The predicted molar refractivity (Wildman–Crippen MR) is 79.5 cm³/mol. The SMILES string of the molecule is CCN(CCC(=O)O)C(=O)c1ccc(OC)c(-n2cnnn2)c1. The van der Waals surface area contributed by atoms with Gasteiger partial charge < -0.3 is 14.7 Å². The lowest BCUT2D eigenvalue weighted by Gasteiger charge is -2.20. The van der Waals surface area contributed by atoms with Crippen molar-refractivity contribution in [3.8, 4) is 11.4 Å². The van der Waals surface area contributed by atoms with Crippen molar-refractivity contribution in [1.29, 1.82) is 0 Å². The van der Waals surface area contributed by atoms with Crippen LogP contribution in [0.25, 0.3) is 5.69 Å². The average molecular weight is 319 g/mol. The zero-order valence-corrected chi connectivity index (χ0v) is 12.8. The maximum atomic E-state index is 12.5. The van der Waals surface area contributed by atoms with Crippen LogP contribution in [0.1, 0.15) is 23.7 Å². The normalized spacial score (nSPS) is 10.3. The quantitative estimate of drug-likeness (QED) is 0.796. The molecule has 9 heteroatoms. The summed E-state index contributed by atoms with van der Waals surface area (Å²) >= 11 is 0. The van der Waals surface area contributed by atoms with Gasteiger partial charge in [0.05, 0.1) is 13.5 Å². The lowest BCUT2D eigenvalue weighted by Crippen LogP contribution is -2.32. The fourth-order valence-corrected chi connectivity index (χ4v) is 2.09. The molecule has 0 saturated carbocycles. The fourth-order valence-electron chi connectivity index (χ4n) is 2.09. The highest BCUT2D eigenvalue weighted by Gasteiger charge is 2.18. The first-order chi connectivity index (χ1) is 11.1. The molecule has 1 aromatic heterocycles. The van der Waals surface area contributed by atoms with Gasteiger partial charge in [-0.25, -0.2) is 0 Å². The molecule has 1 aromatic carbocycles. The van der Waals surface area contributed by atoms with Crippen LogP contribution in [0.5, 0.6) is 5.75 Å². The van der Waals surface area contributed by atoms with E-state index in [-0.39, 0.29) is 18.9 Å². The summed E-state index contributed by atoms with van der Waals surface area (Å²) in [6.45, 7) is 2.36. The van der Waals surface area contributed by atoms with Gasteiger partial charge in [-0.15, -0.1) is 5.10 Å². The second kappa shape index (κ2) is 7.34.